The summed E-state index contributed by atoms with van der Waals surface area (Å²) >= 11 is 0. The van der Waals surface area contributed by atoms with Gasteiger partial charge in [-0.1, -0.05) is 245 Å². The van der Waals surface area contributed by atoms with Crippen molar-refractivity contribution < 1.29 is 63.1 Å². The van der Waals surface area contributed by atoms with Gasteiger partial charge in [-0.2, -0.15) is 0 Å². The van der Waals surface area contributed by atoms with Crippen molar-refractivity contribution in [2.45, 2.75) is 313 Å². The lowest BCUT2D eigenvalue weighted by Gasteiger charge is -2.43. The molecule has 6 N–H and O–H groups in total. The summed E-state index contributed by atoms with van der Waals surface area (Å²) in [5, 5.41) is 52.0. The molecule has 67 heavy (non-hydrogen) atoms. The van der Waals surface area contributed by atoms with Crippen LogP contribution in [-0.4, -0.2) is 98.3 Å². The number of esters is 2. The molecule has 0 heterocycles. The van der Waals surface area contributed by atoms with Gasteiger partial charge in [-0.15, -0.1) is 0 Å². The SMILES string of the molecule is CCCCCCCCCCCCCCCCCCCCCCCCCCCC(=O)OC[C@H](O)COP(=O)(O)OC1C(OC(=O)CCCCCCCCCCCCCCC)C(O)[C@@H](O)C(O)[C@H]1O. The predicted octanol–water partition coefficient (Wildman–Crippen LogP) is 12.4. The van der Waals surface area contributed by atoms with Crippen molar-refractivity contribution in [1.82, 2.24) is 0 Å². The lowest BCUT2D eigenvalue weighted by Crippen LogP contribution is -2.65. The Balaban J connectivity index is 2.13. The van der Waals surface area contributed by atoms with Crippen molar-refractivity contribution in [2.75, 3.05) is 13.2 Å². The quantitative estimate of drug-likeness (QED) is 0.0191. The lowest BCUT2D eigenvalue weighted by atomic mass is 9.85. The van der Waals surface area contributed by atoms with Crippen LogP contribution in [-0.2, 0) is 32.7 Å². The molecule has 0 bridgehead atoms. The third kappa shape index (κ3) is 35.6. The molecule has 8 atom stereocenters. The van der Waals surface area contributed by atoms with E-state index >= 15 is 0 Å². The second kappa shape index (κ2) is 43.6. The first-order valence-electron chi connectivity index (χ1n) is 27.8. The first-order chi connectivity index (χ1) is 32.4. The summed E-state index contributed by atoms with van der Waals surface area (Å²) in [5.74, 6) is -1.28. The normalized spacial score (nSPS) is 21.0. The van der Waals surface area contributed by atoms with Crippen molar-refractivity contribution in [1.29, 1.82) is 0 Å². The fourth-order valence-corrected chi connectivity index (χ4v) is 9.99. The van der Waals surface area contributed by atoms with Crippen LogP contribution in [0.15, 0.2) is 0 Å². The van der Waals surface area contributed by atoms with E-state index in [0.29, 0.717) is 12.8 Å². The standard InChI is InChI=1S/C53H103O13P/c1-3-5-7-9-11-13-15-17-18-19-20-21-22-23-24-25-26-27-28-30-31-33-35-37-39-41-46(55)63-43-45(54)44-64-67(61,62)66-53-51(60)49(58)48(57)50(59)52(53)65-47(56)42-40-38-36-34-32-29-16-14-12-10-8-6-4-2/h45,48-54,57-60H,3-44H2,1-2H3,(H,61,62)/t45-,48-,49?,50?,51+,52?,53?/m0/s1. The number of carbonyl (C=O) groups excluding carboxylic acids is 2. The molecule has 0 aliphatic heterocycles. The van der Waals surface area contributed by atoms with Crippen molar-refractivity contribution in [3.63, 3.8) is 0 Å². The van der Waals surface area contributed by atoms with Gasteiger partial charge in [-0.05, 0) is 12.8 Å². The van der Waals surface area contributed by atoms with E-state index in [0.717, 1.165) is 44.9 Å². The van der Waals surface area contributed by atoms with Crippen molar-refractivity contribution in [3.8, 4) is 0 Å². The topological polar surface area (TPSA) is 210 Å². The van der Waals surface area contributed by atoms with E-state index in [1.165, 1.54) is 186 Å². The van der Waals surface area contributed by atoms with Gasteiger partial charge in [0.15, 0.2) is 6.10 Å². The highest BCUT2D eigenvalue weighted by atomic mass is 31.2. The van der Waals surface area contributed by atoms with Gasteiger partial charge >= 0.3 is 19.8 Å². The fraction of sp³-hybridized carbons (Fsp3) is 0.962. The molecular formula is C53H103O13P. The average Bonchev–Trinajstić information content (AvgIpc) is 3.31. The third-order valence-electron chi connectivity index (χ3n) is 13.4. The number of aliphatic hydroxyl groups is 5. The minimum Gasteiger partial charge on any atom is -0.463 e. The van der Waals surface area contributed by atoms with Crippen LogP contribution in [0.5, 0.6) is 0 Å². The Morgan fingerprint density at radius 2 is 0.701 bits per heavy atom. The summed E-state index contributed by atoms with van der Waals surface area (Å²) in [5.41, 5.74) is 0. The summed E-state index contributed by atoms with van der Waals surface area (Å²) in [4.78, 5) is 35.3. The van der Waals surface area contributed by atoms with E-state index in [4.69, 9.17) is 18.5 Å². The molecule has 5 unspecified atom stereocenters. The molecule has 0 spiro atoms. The summed E-state index contributed by atoms with van der Waals surface area (Å²) in [6.45, 7) is 3.21. The molecule has 1 fully saturated rings. The summed E-state index contributed by atoms with van der Waals surface area (Å²) in [6, 6.07) is 0. The van der Waals surface area contributed by atoms with Crippen LogP contribution in [0.2, 0.25) is 0 Å². The maximum Gasteiger partial charge on any atom is 0.472 e. The molecule has 0 radical (unpaired) electrons. The van der Waals surface area contributed by atoms with E-state index in [1.54, 1.807) is 0 Å². The number of hydrogen-bond donors (Lipinski definition) is 6. The van der Waals surface area contributed by atoms with Crippen molar-refractivity contribution >= 4 is 19.8 Å². The summed E-state index contributed by atoms with van der Waals surface area (Å²) in [6.07, 6.45) is 34.1. The first kappa shape index (κ1) is 63.9. The van der Waals surface area contributed by atoms with Crippen LogP contribution in [0, 0.1) is 0 Å². The highest BCUT2D eigenvalue weighted by molar-refractivity contribution is 7.47. The molecule has 398 valence electrons. The zero-order chi connectivity index (χ0) is 49.2. The molecule has 0 aromatic carbocycles. The smallest absolute Gasteiger partial charge is 0.463 e. The Hall–Kier alpha value is -1.15. The minimum absolute atomic E-state index is 0.0275. The lowest BCUT2D eigenvalue weighted by molar-refractivity contribution is -0.231. The summed E-state index contributed by atoms with van der Waals surface area (Å²) in [7, 11) is -5.11. The number of ether oxygens (including phenoxy) is 2. The average molecular weight is 979 g/mol. The number of hydrogen-bond acceptors (Lipinski definition) is 12. The highest BCUT2D eigenvalue weighted by Crippen LogP contribution is 2.47. The van der Waals surface area contributed by atoms with Gasteiger partial charge in [0.05, 0.1) is 6.61 Å². The van der Waals surface area contributed by atoms with Gasteiger partial charge in [0.2, 0.25) is 0 Å². The Morgan fingerprint density at radius 3 is 1.03 bits per heavy atom. The fourth-order valence-electron chi connectivity index (χ4n) is 9.02. The van der Waals surface area contributed by atoms with Crippen molar-refractivity contribution in [2.24, 2.45) is 0 Å². The Morgan fingerprint density at radius 1 is 0.418 bits per heavy atom. The van der Waals surface area contributed by atoms with Gasteiger partial charge < -0.3 is 39.9 Å². The third-order valence-corrected chi connectivity index (χ3v) is 14.4. The number of unbranched alkanes of at least 4 members (excludes halogenated alkanes) is 36. The molecule has 13 nitrogen and oxygen atoms in total. The molecule has 0 amide bonds. The molecule has 0 aromatic heterocycles. The number of phosphoric ester groups is 1. The maximum absolute atomic E-state index is 12.8. The number of carbonyl (C=O) groups is 2. The molecule has 1 aliphatic carbocycles. The van der Waals surface area contributed by atoms with Gasteiger partial charge in [-0.25, -0.2) is 4.57 Å². The van der Waals surface area contributed by atoms with Gasteiger partial charge in [-0.3, -0.25) is 18.6 Å². The number of rotatable bonds is 48. The maximum atomic E-state index is 12.8. The van der Waals surface area contributed by atoms with E-state index < -0.39 is 75.7 Å². The molecule has 0 saturated heterocycles. The predicted molar refractivity (Wildman–Crippen MR) is 268 cm³/mol. The zero-order valence-corrected chi connectivity index (χ0v) is 43.6. The van der Waals surface area contributed by atoms with Gasteiger partial charge in [0.1, 0.15) is 43.2 Å². The molecule has 0 aromatic rings. The van der Waals surface area contributed by atoms with Crippen LogP contribution < -0.4 is 0 Å². The van der Waals surface area contributed by atoms with Crippen LogP contribution >= 0.6 is 7.82 Å². The molecular weight excluding hydrogens is 876 g/mol. The summed E-state index contributed by atoms with van der Waals surface area (Å²) < 4.78 is 33.2. The van der Waals surface area contributed by atoms with Crippen LogP contribution in [0.1, 0.15) is 271 Å². The number of aliphatic hydroxyl groups excluding tert-OH is 5. The largest absolute Gasteiger partial charge is 0.472 e. The second-order valence-electron chi connectivity index (χ2n) is 19.8. The van der Waals surface area contributed by atoms with E-state index in [-0.39, 0.29) is 12.8 Å². The Labute approximate surface area is 408 Å². The molecule has 1 saturated carbocycles. The molecule has 1 aliphatic rings. The number of phosphoric acid groups is 1. The highest BCUT2D eigenvalue weighted by Gasteiger charge is 2.53. The molecule has 1 rings (SSSR count). The van der Waals surface area contributed by atoms with E-state index in [2.05, 4.69) is 13.8 Å². The first-order valence-corrected chi connectivity index (χ1v) is 29.3. The zero-order valence-electron chi connectivity index (χ0n) is 42.7. The minimum atomic E-state index is -5.11. The van der Waals surface area contributed by atoms with Crippen LogP contribution in [0.4, 0.5) is 0 Å². The van der Waals surface area contributed by atoms with Gasteiger partial charge in [0.25, 0.3) is 0 Å². The van der Waals surface area contributed by atoms with Crippen molar-refractivity contribution in [3.05, 3.63) is 0 Å². The van der Waals surface area contributed by atoms with Gasteiger partial charge in [0, 0.05) is 12.8 Å². The van der Waals surface area contributed by atoms with E-state index in [9.17, 15) is 44.6 Å². The Kier molecular flexibility index (Phi) is 41.6. The van der Waals surface area contributed by atoms with E-state index in [1.807, 2.05) is 0 Å². The van der Waals surface area contributed by atoms with Crippen LogP contribution in [0.25, 0.3) is 0 Å². The second-order valence-corrected chi connectivity index (χ2v) is 21.2. The molecule has 14 heteroatoms. The monoisotopic (exact) mass is 979 g/mol. The van der Waals surface area contributed by atoms with Crippen LogP contribution in [0.3, 0.4) is 0 Å². The Bertz CT molecular complexity index is 1190.